The minimum Gasteiger partial charge on any atom is -0.469 e. The molecule has 1 aliphatic heterocycles. The molecule has 2 amide bonds. The molecule has 1 saturated heterocycles. The molecule has 2 heterocycles. The largest absolute Gasteiger partial charge is 0.469 e. The van der Waals surface area contributed by atoms with Gasteiger partial charge in [0.2, 0.25) is 11.8 Å². The minimum atomic E-state index is -0.906. The zero-order valence-electron chi connectivity index (χ0n) is 17.8. The number of ether oxygens (including phenoxy) is 1. The third-order valence-corrected chi connectivity index (χ3v) is 5.90. The Morgan fingerprint density at radius 2 is 2.03 bits per heavy atom. The third-order valence-electron chi connectivity index (χ3n) is 4.94. The molecular weight excluding hydrogens is 420 g/mol. The quantitative estimate of drug-likeness (QED) is 0.384. The van der Waals surface area contributed by atoms with Gasteiger partial charge in [0, 0.05) is 19.6 Å². The number of thioether (sulfide) groups is 1. The van der Waals surface area contributed by atoms with E-state index < -0.39 is 12.0 Å². The molecule has 1 aliphatic rings. The van der Waals surface area contributed by atoms with Gasteiger partial charge in [-0.2, -0.15) is 0 Å². The van der Waals surface area contributed by atoms with E-state index in [1.807, 2.05) is 19.9 Å². The van der Waals surface area contributed by atoms with E-state index in [2.05, 4.69) is 15.0 Å². The summed E-state index contributed by atoms with van der Waals surface area (Å²) in [6.45, 7) is 5.11. The minimum absolute atomic E-state index is 0.00612. The van der Waals surface area contributed by atoms with Gasteiger partial charge >= 0.3 is 5.97 Å². The summed E-state index contributed by atoms with van der Waals surface area (Å²) >= 11 is 1.16. The summed E-state index contributed by atoms with van der Waals surface area (Å²) < 4.78 is 6.25. The molecule has 10 heteroatoms. The van der Waals surface area contributed by atoms with E-state index in [1.54, 1.807) is 22.8 Å². The van der Waals surface area contributed by atoms with Crippen LogP contribution in [0.25, 0.3) is 10.9 Å². The highest BCUT2D eigenvalue weighted by atomic mass is 32.2. The maximum absolute atomic E-state index is 13.0. The second kappa shape index (κ2) is 9.95. The lowest BCUT2D eigenvalue weighted by atomic mass is 10.1. The molecule has 3 rings (SSSR count). The van der Waals surface area contributed by atoms with Gasteiger partial charge < -0.3 is 15.0 Å². The van der Waals surface area contributed by atoms with Crippen LogP contribution in [0.4, 0.5) is 0 Å². The van der Waals surface area contributed by atoms with Crippen LogP contribution in [-0.2, 0) is 25.7 Å². The number of para-hydroxylation sites is 1. The van der Waals surface area contributed by atoms with Crippen molar-refractivity contribution in [3.05, 3.63) is 34.6 Å². The Hall–Kier alpha value is -2.88. The number of aromatic nitrogens is 2. The van der Waals surface area contributed by atoms with Crippen LogP contribution in [0.3, 0.4) is 0 Å². The second-order valence-electron chi connectivity index (χ2n) is 7.68. The van der Waals surface area contributed by atoms with Gasteiger partial charge in [-0.15, -0.1) is 0 Å². The number of nitrogens with one attached hydrogen (secondary N) is 1. The predicted octanol–water partition coefficient (Wildman–Crippen LogP) is 1.03. The molecule has 9 nitrogen and oxygen atoms in total. The number of piperazine rings is 1. The summed E-state index contributed by atoms with van der Waals surface area (Å²) in [6, 6.07) is 6.21. The van der Waals surface area contributed by atoms with E-state index in [1.165, 1.54) is 12.0 Å². The number of benzene rings is 1. The Bertz CT molecular complexity index is 1050. The fourth-order valence-electron chi connectivity index (χ4n) is 3.45. The molecule has 1 fully saturated rings. The number of nitrogens with zero attached hydrogens (tertiary/aromatic N) is 3. The SMILES string of the molecule is COC(=O)C[C@H]1C(=O)NCCN1C(=O)CSc1nc2ccccc2c(=O)n1CC(C)C. The number of fused-ring (bicyclic) bond motifs is 1. The summed E-state index contributed by atoms with van der Waals surface area (Å²) in [7, 11) is 1.24. The Morgan fingerprint density at radius 3 is 2.74 bits per heavy atom. The van der Waals surface area contributed by atoms with Gasteiger partial charge in [-0.3, -0.25) is 23.7 Å². The number of hydrogen-bond acceptors (Lipinski definition) is 7. The molecule has 1 aromatic carbocycles. The maximum atomic E-state index is 13.0. The average molecular weight is 447 g/mol. The van der Waals surface area contributed by atoms with E-state index in [9.17, 15) is 19.2 Å². The van der Waals surface area contributed by atoms with Crippen molar-refractivity contribution in [3.8, 4) is 0 Å². The van der Waals surface area contributed by atoms with Crippen molar-refractivity contribution < 1.29 is 19.1 Å². The molecule has 166 valence electrons. The number of hydrogen-bond donors (Lipinski definition) is 1. The van der Waals surface area contributed by atoms with Gasteiger partial charge in [-0.25, -0.2) is 4.98 Å². The lowest BCUT2D eigenvalue weighted by Crippen LogP contribution is -2.58. The number of amides is 2. The smallest absolute Gasteiger partial charge is 0.308 e. The molecule has 0 aliphatic carbocycles. The van der Waals surface area contributed by atoms with Crippen LogP contribution in [0.1, 0.15) is 20.3 Å². The average Bonchev–Trinajstić information content (AvgIpc) is 2.75. The molecule has 31 heavy (non-hydrogen) atoms. The Morgan fingerprint density at radius 1 is 1.29 bits per heavy atom. The van der Waals surface area contributed by atoms with Crippen molar-refractivity contribution >= 4 is 40.4 Å². The van der Waals surface area contributed by atoms with Crippen molar-refractivity contribution in [3.63, 3.8) is 0 Å². The van der Waals surface area contributed by atoms with Crippen LogP contribution in [0.5, 0.6) is 0 Å². The van der Waals surface area contributed by atoms with Crippen molar-refractivity contribution in [2.45, 2.75) is 38.0 Å². The first-order valence-electron chi connectivity index (χ1n) is 10.1. The van der Waals surface area contributed by atoms with Crippen LogP contribution in [0.15, 0.2) is 34.2 Å². The van der Waals surface area contributed by atoms with Gasteiger partial charge in [-0.1, -0.05) is 37.7 Å². The van der Waals surface area contributed by atoms with Gasteiger partial charge in [0.15, 0.2) is 5.16 Å². The fraction of sp³-hybridized carbons (Fsp3) is 0.476. The molecule has 1 atom stereocenters. The van der Waals surface area contributed by atoms with Crippen LogP contribution >= 0.6 is 11.8 Å². The van der Waals surface area contributed by atoms with Gasteiger partial charge in [0.1, 0.15) is 6.04 Å². The predicted molar refractivity (Wildman–Crippen MR) is 117 cm³/mol. The highest BCUT2D eigenvalue weighted by Crippen LogP contribution is 2.21. The number of carbonyl (C=O) groups is 3. The molecule has 0 radical (unpaired) electrons. The zero-order chi connectivity index (χ0) is 22.5. The van der Waals surface area contributed by atoms with Crippen LogP contribution in [0.2, 0.25) is 0 Å². The van der Waals surface area contributed by atoms with E-state index >= 15 is 0 Å². The lowest BCUT2D eigenvalue weighted by Gasteiger charge is -2.34. The first-order valence-corrected chi connectivity index (χ1v) is 11.1. The number of esters is 1. The normalized spacial score (nSPS) is 16.5. The topological polar surface area (TPSA) is 111 Å². The Kier molecular flexibility index (Phi) is 7.32. The summed E-state index contributed by atoms with van der Waals surface area (Å²) in [5, 5.41) is 3.66. The lowest BCUT2D eigenvalue weighted by molar-refractivity contribution is -0.149. The summed E-state index contributed by atoms with van der Waals surface area (Å²) in [5.74, 6) is -1.03. The maximum Gasteiger partial charge on any atom is 0.308 e. The summed E-state index contributed by atoms with van der Waals surface area (Å²) in [5.41, 5.74) is 0.429. The summed E-state index contributed by atoms with van der Waals surface area (Å²) in [6.07, 6.45) is -0.203. The first kappa shape index (κ1) is 22.8. The molecule has 1 N–H and O–H groups in total. The monoisotopic (exact) mass is 446 g/mol. The van der Waals surface area contributed by atoms with E-state index in [0.717, 1.165) is 11.8 Å². The molecule has 0 bridgehead atoms. The number of rotatable bonds is 7. The highest BCUT2D eigenvalue weighted by molar-refractivity contribution is 7.99. The van der Waals surface area contributed by atoms with Crippen LogP contribution < -0.4 is 10.9 Å². The molecule has 0 saturated carbocycles. The second-order valence-corrected chi connectivity index (χ2v) is 8.63. The molecule has 0 unspecified atom stereocenters. The number of carbonyl (C=O) groups excluding carboxylic acids is 3. The summed E-state index contributed by atoms with van der Waals surface area (Å²) in [4.78, 5) is 55.8. The van der Waals surface area contributed by atoms with E-state index in [-0.39, 0.29) is 35.5 Å². The van der Waals surface area contributed by atoms with Crippen LogP contribution in [0, 0.1) is 5.92 Å². The Labute approximate surface area is 184 Å². The van der Waals surface area contributed by atoms with Crippen molar-refractivity contribution in [2.24, 2.45) is 5.92 Å². The zero-order valence-corrected chi connectivity index (χ0v) is 18.6. The van der Waals surface area contributed by atoms with E-state index in [0.29, 0.717) is 35.7 Å². The van der Waals surface area contributed by atoms with Gasteiger partial charge in [0.25, 0.3) is 5.56 Å². The highest BCUT2D eigenvalue weighted by Gasteiger charge is 2.35. The molecule has 0 spiro atoms. The fourth-order valence-corrected chi connectivity index (χ4v) is 4.35. The van der Waals surface area contributed by atoms with Crippen LogP contribution in [-0.4, -0.2) is 64.2 Å². The van der Waals surface area contributed by atoms with E-state index in [4.69, 9.17) is 0 Å². The first-order chi connectivity index (χ1) is 14.8. The Balaban J connectivity index is 1.83. The third kappa shape index (κ3) is 5.25. The van der Waals surface area contributed by atoms with Crippen molar-refractivity contribution in [1.29, 1.82) is 0 Å². The molecule has 2 aromatic rings. The van der Waals surface area contributed by atoms with Gasteiger partial charge in [-0.05, 0) is 18.1 Å². The van der Waals surface area contributed by atoms with Crippen molar-refractivity contribution in [2.75, 3.05) is 26.0 Å². The van der Waals surface area contributed by atoms with Crippen molar-refractivity contribution in [1.82, 2.24) is 19.8 Å². The number of methoxy groups -OCH3 is 1. The molecular formula is C21H26N4O5S. The molecule has 1 aromatic heterocycles. The van der Waals surface area contributed by atoms with Gasteiger partial charge in [0.05, 0.1) is 30.2 Å². The standard InChI is InChI=1S/C21H26N4O5S/c1-13(2)11-25-20(29)14-6-4-5-7-15(14)23-21(25)31-12-17(26)24-9-8-22-19(28)16(24)10-18(27)30-3/h4-7,13,16H,8-12H2,1-3H3,(H,22,28)/t16-/m0/s1.